The highest BCUT2D eigenvalue weighted by atomic mass is 32.1. The van der Waals surface area contributed by atoms with Gasteiger partial charge in [-0.05, 0) is 18.2 Å². The Morgan fingerprint density at radius 3 is 2.53 bits per heavy atom. The molecule has 0 spiro atoms. The van der Waals surface area contributed by atoms with Crippen LogP contribution >= 0.6 is 12.6 Å². The predicted octanol–water partition coefficient (Wildman–Crippen LogP) is 3.25. The lowest BCUT2D eigenvalue weighted by Gasteiger charge is -2.09. The summed E-state index contributed by atoms with van der Waals surface area (Å²) in [6.45, 7) is 0. The molecule has 0 amide bonds. The fourth-order valence-corrected chi connectivity index (χ4v) is 1.28. The molecule has 0 fully saturated rings. The van der Waals surface area contributed by atoms with Crippen LogP contribution in [-0.4, -0.2) is 5.75 Å². The molecule has 0 aliphatic rings. The first-order valence-corrected chi connectivity index (χ1v) is 5.33. The van der Waals surface area contributed by atoms with Gasteiger partial charge in [-0.3, -0.25) is 0 Å². The van der Waals surface area contributed by atoms with E-state index < -0.39 is 11.7 Å². The smallest absolute Gasteiger partial charge is 0.192 e. The second-order valence-electron chi connectivity index (χ2n) is 3.15. The first-order valence-electron chi connectivity index (χ1n) is 4.70. The third-order valence-corrected chi connectivity index (χ3v) is 2.14. The largest absolute Gasteiger partial charge is 0.417 e. The summed E-state index contributed by atoms with van der Waals surface area (Å²) in [6, 6.07) is 5.02. The minimum atomic E-state index is -4.50. The SMILES string of the molecule is N#Cc1ccc(C#CCCS)c(C(F)(F)F)c1. The van der Waals surface area contributed by atoms with E-state index in [0.717, 1.165) is 6.07 Å². The summed E-state index contributed by atoms with van der Waals surface area (Å²) in [5, 5.41) is 8.57. The zero-order chi connectivity index (χ0) is 12.9. The third kappa shape index (κ3) is 3.72. The number of nitriles is 1. The van der Waals surface area contributed by atoms with Gasteiger partial charge >= 0.3 is 6.18 Å². The highest BCUT2D eigenvalue weighted by molar-refractivity contribution is 7.80. The Morgan fingerprint density at radius 1 is 1.29 bits per heavy atom. The summed E-state index contributed by atoms with van der Waals surface area (Å²) >= 11 is 3.91. The molecule has 0 aliphatic heterocycles. The molecule has 0 radical (unpaired) electrons. The summed E-state index contributed by atoms with van der Waals surface area (Å²) in [4.78, 5) is 0. The minimum absolute atomic E-state index is 0.0305. The Kier molecular flexibility index (Phi) is 4.48. The van der Waals surface area contributed by atoms with Crippen LogP contribution < -0.4 is 0 Å². The second-order valence-corrected chi connectivity index (χ2v) is 3.59. The Bertz CT molecular complexity index is 503. The third-order valence-electron chi connectivity index (χ3n) is 1.91. The molecule has 0 aliphatic carbocycles. The summed E-state index contributed by atoms with van der Waals surface area (Å²) < 4.78 is 38.0. The van der Waals surface area contributed by atoms with E-state index in [9.17, 15) is 13.2 Å². The molecule has 0 unspecified atom stereocenters. The standard InChI is InChI=1S/C12H8F3NS/c13-12(14,15)11-7-9(8-16)4-5-10(11)3-1-2-6-17/h4-5,7,17H,2,6H2. The molecule has 0 bridgehead atoms. The van der Waals surface area contributed by atoms with Crippen LogP contribution in [0.1, 0.15) is 23.1 Å². The van der Waals surface area contributed by atoms with Crippen LogP contribution in [-0.2, 0) is 6.18 Å². The number of alkyl halides is 3. The molecule has 0 N–H and O–H groups in total. The number of thiol groups is 1. The second kappa shape index (κ2) is 5.65. The molecule has 1 rings (SSSR count). The van der Waals surface area contributed by atoms with Crippen LogP contribution in [0.5, 0.6) is 0 Å². The lowest BCUT2D eigenvalue weighted by atomic mass is 10.0. The number of nitrogens with zero attached hydrogens (tertiary/aromatic N) is 1. The molecule has 0 heterocycles. The highest BCUT2D eigenvalue weighted by Gasteiger charge is 2.33. The van der Waals surface area contributed by atoms with Gasteiger partial charge in [0, 0.05) is 17.7 Å². The van der Waals surface area contributed by atoms with Crippen LogP contribution in [0.4, 0.5) is 13.2 Å². The van der Waals surface area contributed by atoms with Crippen molar-refractivity contribution in [3.05, 3.63) is 34.9 Å². The molecular formula is C12H8F3NS. The van der Waals surface area contributed by atoms with Gasteiger partial charge in [0.2, 0.25) is 0 Å². The van der Waals surface area contributed by atoms with Crippen molar-refractivity contribution in [2.75, 3.05) is 5.75 Å². The topological polar surface area (TPSA) is 23.8 Å². The Morgan fingerprint density at radius 2 is 2.00 bits per heavy atom. The van der Waals surface area contributed by atoms with E-state index in [1.165, 1.54) is 12.1 Å². The van der Waals surface area contributed by atoms with E-state index in [1.54, 1.807) is 6.07 Å². The average Bonchev–Trinajstić information content (AvgIpc) is 2.28. The van der Waals surface area contributed by atoms with Crippen molar-refractivity contribution in [3.8, 4) is 17.9 Å². The maximum absolute atomic E-state index is 12.7. The van der Waals surface area contributed by atoms with Gasteiger partial charge in [-0.25, -0.2) is 0 Å². The quantitative estimate of drug-likeness (QED) is 0.604. The van der Waals surface area contributed by atoms with Gasteiger partial charge in [0.25, 0.3) is 0 Å². The van der Waals surface area contributed by atoms with Crippen molar-refractivity contribution >= 4 is 12.6 Å². The van der Waals surface area contributed by atoms with Crippen LogP contribution in [0.3, 0.4) is 0 Å². The molecule has 1 aromatic rings. The number of benzene rings is 1. The summed E-state index contributed by atoms with van der Waals surface area (Å²) in [5.74, 6) is 5.53. The van der Waals surface area contributed by atoms with Gasteiger partial charge in [-0.1, -0.05) is 11.8 Å². The molecular weight excluding hydrogens is 247 g/mol. The van der Waals surface area contributed by atoms with Gasteiger partial charge < -0.3 is 0 Å². The Hall–Kier alpha value is -1.59. The number of rotatable bonds is 1. The number of hydrogen-bond acceptors (Lipinski definition) is 2. The van der Waals surface area contributed by atoms with Crippen molar-refractivity contribution in [3.63, 3.8) is 0 Å². The molecule has 0 saturated carbocycles. The van der Waals surface area contributed by atoms with Crippen molar-refractivity contribution in [1.29, 1.82) is 5.26 Å². The van der Waals surface area contributed by atoms with E-state index in [1.807, 2.05) is 0 Å². The molecule has 1 nitrogen and oxygen atoms in total. The highest BCUT2D eigenvalue weighted by Crippen LogP contribution is 2.32. The van der Waals surface area contributed by atoms with Crippen molar-refractivity contribution < 1.29 is 13.2 Å². The van der Waals surface area contributed by atoms with Crippen molar-refractivity contribution in [1.82, 2.24) is 0 Å². The van der Waals surface area contributed by atoms with Gasteiger partial charge in [0.15, 0.2) is 0 Å². The maximum Gasteiger partial charge on any atom is 0.417 e. The molecule has 0 aromatic heterocycles. The van der Waals surface area contributed by atoms with Crippen LogP contribution in [0.15, 0.2) is 18.2 Å². The summed E-state index contributed by atoms with van der Waals surface area (Å²) in [5.41, 5.74) is -1.02. The van der Waals surface area contributed by atoms with E-state index in [4.69, 9.17) is 5.26 Å². The first kappa shape index (κ1) is 13.5. The van der Waals surface area contributed by atoms with Gasteiger partial charge in [0.1, 0.15) is 0 Å². The monoisotopic (exact) mass is 255 g/mol. The normalized spacial score (nSPS) is 10.3. The van der Waals surface area contributed by atoms with Crippen molar-refractivity contribution in [2.24, 2.45) is 0 Å². The van der Waals surface area contributed by atoms with E-state index in [2.05, 4.69) is 24.5 Å². The minimum Gasteiger partial charge on any atom is -0.192 e. The zero-order valence-electron chi connectivity index (χ0n) is 8.67. The maximum atomic E-state index is 12.7. The molecule has 17 heavy (non-hydrogen) atoms. The zero-order valence-corrected chi connectivity index (χ0v) is 9.57. The fraction of sp³-hybridized carbons (Fsp3) is 0.250. The first-order chi connectivity index (χ1) is 7.99. The van der Waals surface area contributed by atoms with Crippen LogP contribution in [0.2, 0.25) is 0 Å². The molecule has 5 heteroatoms. The predicted molar refractivity (Wildman–Crippen MR) is 61.5 cm³/mol. The summed E-state index contributed by atoms with van der Waals surface area (Å²) in [6.07, 6.45) is -4.09. The van der Waals surface area contributed by atoms with Crippen molar-refractivity contribution in [2.45, 2.75) is 12.6 Å². The Labute approximate surface area is 103 Å². The van der Waals surface area contributed by atoms with Crippen LogP contribution in [0, 0.1) is 23.2 Å². The Balaban J connectivity index is 3.23. The van der Waals surface area contributed by atoms with E-state index >= 15 is 0 Å². The molecule has 88 valence electrons. The van der Waals surface area contributed by atoms with Gasteiger partial charge in [-0.15, -0.1) is 0 Å². The lowest BCUT2D eigenvalue weighted by Crippen LogP contribution is -2.08. The van der Waals surface area contributed by atoms with E-state index in [0.29, 0.717) is 12.2 Å². The summed E-state index contributed by atoms with van der Waals surface area (Å²) in [7, 11) is 0. The lowest BCUT2D eigenvalue weighted by molar-refractivity contribution is -0.137. The number of hydrogen-bond donors (Lipinski definition) is 1. The average molecular weight is 255 g/mol. The van der Waals surface area contributed by atoms with Gasteiger partial charge in [-0.2, -0.15) is 31.1 Å². The fourth-order valence-electron chi connectivity index (χ4n) is 1.17. The molecule has 1 aromatic carbocycles. The van der Waals surface area contributed by atoms with E-state index in [-0.39, 0.29) is 11.1 Å². The molecule has 0 saturated heterocycles. The van der Waals surface area contributed by atoms with Gasteiger partial charge in [0.05, 0.1) is 17.2 Å². The van der Waals surface area contributed by atoms with Crippen LogP contribution in [0.25, 0.3) is 0 Å². The molecule has 0 atom stereocenters. The number of halogens is 3.